The van der Waals surface area contributed by atoms with E-state index in [-0.39, 0.29) is 17.6 Å². The molecule has 0 aliphatic carbocycles. The number of amides is 1. The number of benzene rings is 1. The molecule has 0 spiro atoms. The molecule has 120 valence electrons. The fourth-order valence-corrected chi connectivity index (χ4v) is 3.17. The van der Waals surface area contributed by atoms with Gasteiger partial charge in [0, 0.05) is 24.4 Å². The third-order valence-electron chi connectivity index (χ3n) is 4.71. The Bertz CT molecular complexity index is 681. The van der Waals surface area contributed by atoms with E-state index in [0.29, 0.717) is 5.56 Å². The van der Waals surface area contributed by atoms with Gasteiger partial charge in [0.2, 0.25) is 0 Å². The molecule has 0 saturated carbocycles. The fraction of sp³-hybridized carbons (Fsp3) is 0.368. The lowest BCUT2D eigenvalue weighted by molar-refractivity contribution is 0.0227. The first kappa shape index (κ1) is 15.5. The Morgan fingerprint density at radius 1 is 1.26 bits per heavy atom. The summed E-state index contributed by atoms with van der Waals surface area (Å²) >= 11 is 0. The minimum absolute atomic E-state index is 0.0486. The van der Waals surface area contributed by atoms with Crippen LogP contribution in [0.15, 0.2) is 48.8 Å². The van der Waals surface area contributed by atoms with Gasteiger partial charge in [-0.25, -0.2) is 0 Å². The normalized spacial score (nSPS) is 18.6. The number of fused-ring (bicyclic) bond motifs is 1. The summed E-state index contributed by atoms with van der Waals surface area (Å²) in [5.41, 5.74) is 1.40. The third-order valence-corrected chi connectivity index (χ3v) is 4.71. The number of ether oxygens (including phenoxy) is 1. The zero-order chi connectivity index (χ0) is 16.3. The maximum Gasteiger partial charge on any atom is 0.253 e. The van der Waals surface area contributed by atoms with Gasteiger partial charge in [0.25, 0.3) is 5.91 Å². The predicted octanol–water partition coefficient (Wildman–Crippen LogP) is 3.89. The van der Waals surface area contributed by atoms with Crippen LogP contribution in [0.3, 0.4) is 0 Å². The lowest BCUT2D eigenvalue weighted by Crippen LogP contribution is -2.44. The summed E-state index contributed by atoms with van der Waals surface area (Å²) in [6, 6.07) is 11.5. The van der Waals surface area contributed by atoms with Crippen molar-refractivity contribution in [2.45, 2.75) is 44.8 Å². The van der Waals surface area contributed by atoms with E-state index in [1.807, 2.05) is 24.3 Å². The second-order valence-electron chi connectivity index (χ2n) is 6.00. The van der Waals surface area contributed by atoms with Gasteiger partial charge in [-0.2, -0.15) is 0 Å². The molecule has 0 saturated heterocycles. The largest absolute Gasteiger partial charge is 0.487 e. The molecule has 4 nitrogen and oxygen atoms in total. The number of rotatable bonds is 4. The van der Waals surface area contributed by atoms with Gasteiger partial charge in [-0.3, -0.25) is 9.78 Å². The van der Waals surface area contributed by atoms with E-state index >= 15 is 0 Å². The van der Waals surface area contributed by atoms with Crippen molar-refractivity contribution in [2.24, 2.45) is 0 Å². The van der Waals surface area contributed by atoms with E-state index in [1.54, 1.807) is 24.5 Å². The summed E-state index contributed by atoms with van der Waals surface area (Å²) < 4.78 is 6.27. The second kappa shape index (κ2) is 6.41. The standard InChI is InChI=1S/C19H22N2O2/c1-3-19(4-2)12-16(15-9-5-6-10-17(15)23-19)21-18(22)14-8-7-11-20-13-14/h5-11,13,16H,3-4,12H2,1-2H3,(H,21,22). The highest BCUT2D eigenvalue weighted by atomic mass is 16.5. The molecule has 2 heterocycles. The van der Waals surface area contributed by atoms with Crippen LogP contribution in [0.4, 0.5) is 0 Å². The quantitative estimate of drug-likeness (QED) is 0.932. The van der Waals surface area contributed by atoms with Crippen LogP contribution in [0.2, 0.25) is 0 Å². The van der Waals surface area contributed by atoms with Crippen molar-refractivity contribution in [3.8, 4) is 5.75 Å². The summed E-state index contributed by atoms with van der Waals surface area (Å²) in [6.07, 6.45) is 5.87. The number of aromatic nitrogens is 1. The van der Waals surface area contributed by atoms with Crippen molar-refractivity contribution in [3.63, 3.8) is 0 Å². The minimum atomic E-state index is -0.221. The van der Waals surface area contributed by atoms with Crippen molar-refractivity contribution in [1.82, 2.24) is 10.3 Å². The highest BCUT2D eigenvalue weighted by molar-refractivity contribution is 5.94. The number of nitrogens with one attached hydrogen (secondary N) is 1. The molecule has 23 heavy (non-hydrogen) atoms. The van der Waals surface area contributed by atoms with Crippen molar-refractivity contribution in [2.75, 3.05) is 0 Å². The molecule has 0 bridgehead atoms. The summed E-state index contributed by atoms with van der Waals surface area (Å²) in [5.74, 6) is 0.778. The van der Waals surface area contributed by atoms with Gasteiger partial charge >= 0.3 is 0 Å². The molecule has 1 aromatic heterocycles. The molecule has 2 aromatic rings. The van der Waals surface area contributed by atoms with E-state index in [0.717, 1.165) is 30.6 Å². The zero-order valence-electron chi connectivity index (χ0n) is 13.6. The van der Waals surface area contributed by atoms with Crippen LogP contribution in [-0.2, 0) is 0 Å². The average Bonchev–Trinajstić information content (AvgIpc) is 2.62. The van der Waals surface area contributed by atoms with Crippen LogP contribution in [0, 0.1) is 0 Å². The Kier molecular flexibility index (Phi) is 4.33. The van der Waals surface area contributed by atoms with Gasteiger partial charge < -0.3 is 10.1 Å². The van der Waals surface area contributed by atoms with Crippen molar-refractivity contribution in [1.29, 1.82) is 0 Å². The van der Waals surface area contributed by atoms with Crippen LogP contribution in [0.1, 0.15) is 55.1 Å². The highest BCUT2D eigenvalue weighted by Gasteiger charge is 2.38. The molecule has 0 radical (unpaired) electrons. The Hall–Kier alpha value is -2.36. The molecular weight excluding hydrogens is 288 g/mol. The minimum Gasteiger partial charge on any atom is -0.487 e. The number of hydrogen-bond acceptors (Lipinski definition) is 3. The molecule has 3 rings (SSSR count). The third kappa shape index (κ3) is 3.07. The van der Waals surface area contributed by atoms with Gasteiger partial charge in [-0.15, -0.1) is 0 Å². The lowest BCUT2D eigenvalue weighted by Gasteiger charge is -2.41. The Labute approximate surface area is 136 Å². The molecule has 4 heteroatoms. The molecule has 1 aliphatic rings. The number of para-hydroxylation sites is 1. The fourth-order valence-electron chi connectivity index (χ4n) is 3.17. The van der Waals surface area contributed by atoms with Crippen LogP contribution in [-0.4, -0.2) is 16.5 Å². The molecule has 1 N–H and O–H groups in total. The maximum atomic E-state index is 12.5. The molecule has 1 aliphatic heterocycles. The van der Waals surface area contributed by atoms with Gasteiger partial charge in [-0.05, 0) is 31.0 Å². The van der Waals surface area contributed by atoms with Gasteiger partial charge in [0.15, 0.2) is 0 Å². The van der Waals surface area contributed by atoms with E-state index < -0.39 is 0 Å². The van der Waals surface area contributed by atoms with Crippen LogP contribution >= 0.6 is 0 Å². The first-order chi connectivity index (χ1) is 11.2. The molecule has 1 aromatic carbocycles. The zero-order valence-corrected chi connectivity index (χ0v) is 13.6. The Balaban J connectivity index is 1.89. The van der Waals surface area contributed by atoms with E-state index in [9.17, 15) is 4.79 Å². The van der Waals surface area contributed by atoms with Crippen LogP contribution < -0.4 is 10.1 Å². The average molecular weight is 310 g/mol. The Morgan fingerprint density at radius 2 is 2.04 bits per heavy atom. The lowest BCUT2D eigenvalue weighted by atomic mass is 9.83. The number of carbonyl (C=O) groups is 1. The summed E-state index contributed by atoms with van der Waals surface area (Å²) in [6.45, 7) is 4.27. The predicted molar refractivity (Wildman–Crippen MR) is 89.4 cm³/mol. The highest BCUT2D eigenvalue weighted by Crippen LogP contribution is 2.42. The molecule has 1 atom stereocenters. The van der Waals surface area contributed by atoms with Crippen LogP contribution in [0.25, 0.3) is 0 Å². The molecule has 1 unspecified atom stereocenters. The van der Waals surface area contributed by atoms with E-state index in [4.69, 9.17) is 4.74 Å². The SMILES string of the molecule is CCC1(CC)CC(NC(=O)c2cccnc2)c2ccccc2O1. The van der Waals surface area contributed by atoms with E-state index in [1.165, 1.54) is 0 Å². The first-order valence-electron chi connectivity index (χ1n) is 8.16. The molecular formula is C19H22N2O2. The van der Waals surface area contributed by atoms with Crippen molar-refractivity contribution < 1.29 is 9.53 Å². The number of carbonyl (C=O) groups excluding carboxylic acids is 1. The smallest absolute Gasteiger partial charge is 0.253 e. The maximum absolute atomic E-state index is 12.5. The molecule has 0 fully saturated rings. The van der Waals surface area contributed by atoms with Crippen molar-refractivity contribution >= 4 is 5.91 Å². The molecule has 1 amide bonds. The number of pyridine rings is 1. The summed E-state index contributed by atoms with van der Waals surface area (Å²) in [7, 11) is 0. The van der Waals surface area contributed by atoms with Crippen molar-refractivity contribution in [3.05, 3.63) is 59.9 Å². The summed E-state index contributed by atoms with van der Waals surface area (Å²) in [5, 5.41) is 3.16. The van der Waals surface area contributed by atoms with Gasteiger partial charge in [-0.1, -0.05) is 32.0 Å². The topological polar surface area (TPSA) is 51.2 Å². The van der Waals surface area contributed by atoms with Crippen LogP contribution in [0.5, 0.6) is 5.75 Å². The van der Waals surface area contributed by atoms with Gasteiger partial charge in [0.05, 0.1) is 11.6 Å². The Morgan fingerprint density at radius 3 is 2.74 bits per heavy atom. The number of nitrogens with zero attached hydrogens (tertiary/aromatic N) is 1. The van der Waals surface area contributed by atoms with Gasteiger partial charge in [0.1, 0.15) is 11.4 Å². The first-order valence-corrected chi connectivity index (χ1v) is 8.16. The monoisotopic (exact) mass is 310 g/mol. The summed E-state index contributed by atoms with van der Waals surface area (Å²) in [4.78, 5) is 16.5. The number of hydrogen-bond donors (Lipinski definition) is 1. The second-order valence-corrected chi connectivity index (χ2v) is 6.00. The van der Waals surface area contributed by atoms with E-state index in [2.05, 4.69) is 24.1 Å².